The van der Waals surface area contributed by atoms with Crippen LogP contribution in [0.3, 0.4) is 0 Å². The molecule has 14 heterocycles. The van der Waals surface area contributed by atoms with Crippen LogP contribution < -0.4 is 45.9 Å². The summed E-state index contributed by atoms with van der Waals surface area (Å²) in [5, 5.41) is 109. The predicted molar refractivity (Wildman–Crippen MR) is 461 cm³/mol. The number of nitrogen functional groups attached to an aromatic ring is 1. The van der Waals surface area contributed by atoms with Gasteiger partial charge in [-0.3, -0.25) is 5.10 Å². The molecule has 4 saturated carbocycles. The second-order valence-corrected chi connectivity index (χ2v) is 34.4. The van der Waals surface area contributed by atoms with E-state index in [0.29, 0.717) is 151 Å². The molecule has 22 rings (SSSR count). The van der Waals surface area contributed by atoms with Crippen LogP contribution in [0.15, 0.2) is 140 Å². The van der Waals surface area contributed by atoms with Gasteiger partial charge < -0.3 is 109 Å². The highest BCUT2D eigenvalue weighted by molar-refractivity contribution is 5.92. The second-order valence-electron chi connectivity index (χ2n) is 34.4. The van der Waals surface area contributed by atoms with Gasteiger partial charge >= 0.3 is 0 Å². The number of nitrogens with one attached hydrogen (secondary N) is 5. The van der Waals surface area contributed by atoms with Crippen LogP contribution >= 0.6 is 0 Å². The molecule has 0 bridgehead atoms. The first-order chi connectivity index (χ1) is 62.3. The Bertz CT molecular complexity index is 6430. The number of aromatic nitrogens is 12. The molecule has 30 nitrogen and oxygen atoms in total. The summed E-state index contributed by atoms with van der Waals surface area (Å²) >= 11 is 0. The summed E-state index contributed by atoms with van der Waals surface area (Å²) in [4.78, 5) is 25.7. The van der Waals surface area contributed by atoms with E-state index in [1.165, 1.54) is 28.9 Å². The van der Waals surface area contributed by atoms with Crippen molar-refractivity contribution in [2.45, 2.75) is 203 Å². The summed E-state index contributed by atoms with van der Waals surface area (Å²) in [5.74, 6) is -1.91. The minimum absolute atomic E-state index is 0.121. The maximum atomic E-state index is 15.4. The lowest BCUT2D eigenvalue weighted by Crippen LogP contribution is -2.35. The lowest BCUT2D eigenvalue weighted by Gasteiger charge is -2.26. The van der Waals surface area contributed by atoms with Gasteiger partial charge in [-0.15, -0.1) is 0 Å². The molecule has 4 aliphatic carbocycles. The van der Waals surface area contributed by atoms with Gasteiger partial charge in [0.2, 0.25) is 0 Å². The number of aliphatic hydroxyl groups is 8. The Hall–Kier alpha value is -11.9. The number of hydrogen-bond donors (Lipinski definition) is 14. The number of aryl methyl sites for hydroxylation is 4. The van der Waals surface area contributed by atoms with E-state index in [1.54, 1.807) is 60.8 Å². The maximum Gasteiger partial charge on any atom is 0.181 e. The molecule has 0 spiro atoms. The third kappa shape index (κ3) is 16.0. The third-order valence-corrected chi connectivity index (χ3v) is 26.7. The lowest BCUT2D eigenvalue weighted by atomic mass is 9.94. The van der Waals surface area contributed by atoms with Gasteiger partial charge in [0.15, 0.2) is 41.2 Å². The summed E-state index contributed by atoms with van der Waals surface area (Å²) < 4.78 is 124. The summed E-state index contributed by atoms with van der Waals surface area (Å²) in [6.45, 7) is 12.1. The van der Waals surface area contributed by atoms with Crippen LogP contribution in [-0.4, -0.2) is 199 Å². The fourth-order valence-corrected chi connectivity index (χ4v) is 19.8. The van der Waals surface area contributed by atoms with Crippen molar-refractivity contribution in [2.24, 2.45) is 0 Å². The number of pyridine rings is 3. The summed E-state index contributed by atoms with van der Waals surface area (Å²) in [6, 6.07) is 15.4. The number of ether oxygens (including phenoxy) is 4. The van der Waals surface area contributed by atoms with Crippen molar-refractivity contribution in [1.29, 1.82) is 0 Å². The van der Waals surface area contributed by atoms with Crippen molar-refractivity contribution in [2.75, 3.05) is 31.9 Å². The predicted octanol–water partition coefficient (Wildman–Crippen LogP) is 9.28. The molecule has 4 aliphatic heterocycles. The fourth-order valence-electron chi connectivity index (χ4n) is 19.8. The van der Waals surface area contributed by atoms with Crippen LogP contribution in [0.4, 0.5) is 32.0 Å². The zero-order chi connectivity index (χ0) is 89.6. The van der Waals surface area contributed by atoms with E-state index in [9.17, 15) is 62.8 Å². The van der Waals surface area contributed by atoms with E-state index >= 15 is 4.39 Å². The Morgan fingerprint density at radius 2 is 0.884 bits per heavy atom. The summed E-state index contributed by atoms with van der Waals surface area (Å²) in [5.41, 5.74) is 19.5. The quantitative estimate of drug-likeness (QED) is 0.0451. The van der Waals surface area contributed by atoms with E-state index in [0.717, 1.165) is 85.9 Å². The molecular weight excluding hydrogens is 1680 g/mol. The van der Waals surface area contributed by atoms with Gasteiger partial charge in [-0.25, -0.2) is 56.2 Å². The van der Waals surface area contributed by atoms with Crippen molar-refractivity contribution >= 4 is 49.8 Å². The average molecular weight is 1770 g/mol. The van der Waals surface area contributed by atoms with Crippen molar-refractivity contribution in [3.8, 4) is 45.4 Å². The number of rotatable bonds is 14. The van der Waals surface area contributed by atoms with Gasteiger partial charge in [0, 0.05) is 192 Å². The molecule has 36 heteroatoms. The zero-order valence-corrected chi connectivity index (χ0v) is 70.6. The highest BCUT2D eigenvalue weighted by Crippen LogP contribution is 2.46. The van der Waals surface area contributed by atoms with Crippen molar-refractivity contribution < 1.29 is 90.6 Å². The molecule has 0 unspecified atom stereocenters. The molecular formula is C93H97F6N17O13. The topological polar surface area (TPSA) is 412 Å². The highest BCUT2D eigenvalue weighted by Gasteiger charge is 2.50. The van der Waals surface area contributed by atoms with Gasteiger partial charge in [0.25, 0.3) is 0 Å². The molecule has 10 aromatic heterocycles. The van der Waals surface area contributed by atoms with Gasteiger partial charge in [-0.2, -0.15) is 5.10 Å². The number of aromatic amines is 1. The van der Waals surface area contributed by atoms with E-state index in [1.807, 2.05) is 78.8 Å². The minimum Gasteiger partial charge on any atom is -0.487 e. The Kier molecular flexibility index (Phi) is 23.8. The van der Waals surface area contributed by atoms with Crippen molar-refractivity contribution in [1.82, 2.24) is 79.6 Å². The number of halogens is 6. The molecule has 129 heavy (non-hydrogen) atoms. The normalized spacial score (nSPS) is 25.2. The molecule has 8 aliphatic rings. The van der Waals surface area contributed by atoms with E-state index < -0.39 is 120 Å². The van der Waals surface area contributed by atoms with Crippen LogP contribution in [0.5, 0.6) is 23.0 Å². The lowest BCUT2D eigenvalue weighted by molar-refractivity contribution is -0.0167. The van der Waals surface area contributed by atoms with Crippen LogP contribution in [0.25, 0.3) is 66.6 Å². The molecule has 4 aromatic carbocycles. The number of oxazole rings is 1. The highest BCUT2D eigenvalue weighted by atomic mass is 19.2. The first-order valence-corrected chi connectivity index (χ1v) is 43.2. The first kappa shape index (κ1) is 86.5. The smallest absolute Gasteiger partial charge is 0.181 e. The molecule has 674 valence electrons. The SMILES string of the molecule is Cc1ccnc2c1ccn2[C@@H]1C[C@H](Oc2cc(-c3cn[nH]c3)c(F)c3c2CNCC3)[C@@H](O)[C@H]1O.Cc1ccnc2c1ccn2[C@@H]1C[C@H](Oc2cc(-c3cnco3)cc3c2CNCC3)[C@@H](O)[C@H]1O.Cc1cn([C@@H]2C[C@H](Oc3cc(F)c(F)c4c3CNCC4)[C@@H](O)[C@H]2O)c2nccc(N)c12.Cc1ncc2c(F)cn([C@@H]3C[C@H](Oc4cc(F)c(F)c5c4CNCC5)[C@@H](O)[C@H]3O)c2n1. The number of H-pyrrole nitrogens is 1. The molecule has 0 radical (unpaired) electrons. The van der Waals surface area contributed by atoms with E-state index in [4.69, 9.17) is 29.1 Å². The molecule has 14 aromatic rings. The summed E-state index contributed by atoms with van der Waals surface area (Å²) in [6.07, 6.45) is 11.1. The first-order valence-electron chi connectivity index (χ1n) is 43.2. The van der Waals surface area contributed by atoms with E-state index in [-0.39, 0.29) is 47.1 Å². The average Bonchev–Trinajstić information content (AvgIpc) is 1.63. The van der Waals surface area contributed by atoms with Crippen molar-refractivity contribution in [3.05, 3.63) is 237 Å². The number of anilines is 1. The number of nitrogens with two attached hydrogens (primary N) is 1. The van der Waals surface area contributed by atoms with E-state index in [2.05, 4.69) is 67.4 Å². The Labute approximate surface area is 733 Å². The van der Waals surface area contributed by atoms with Crippen molar-refractivity contribution in [3.63, 3.8) is 0 Å². The van der Waals surface area contributed by atoms with Gasteiger partial charge in [0.05, 0.1) is 41.9 Å². The van der Waals surface area contributed by atoms with Gasteiger partial charge in [-0.05, 0) is 156 Å². The number of nitrogens with zero attached hydrogens (tertiary/aromatic N) is 11. The summed E-state index contributed by atoms with van der Waals surface area (Å²) in [7, 11) is 0. The Balaban J connectivity index is 0.000000112. The zero-order valence-electron chi connectivity index (χ0n) is 70.6. The second kappa shape index (κ2) is 35.5. The standard InChI is InChI=1S/C25H26FN5O3.C25H26N4O4.C22H24F2N4O3.C21H21F3N4O3/c1-13-2-6-28-25-15(13)4-7-31(25)19-9-21(24(33)23(19)32)34-20-8-17(14-10-29-30-11-14)22(26)16-3-5-27-12-18(16)20;1-14-2-6-28-25-17(14)4-7-29(25)19-10-21(24(31)23(19)30)33-20-9-16(22-12-27-13-32-22)8-15-3-5-26-11-18(15)20;1-10-9-28(22-18(10)14(25)3-5-27-22)15-7-17(21(30)20(15)29)31-16-6-13(23)19(24)11-2-4-26-8-12(11)16;1-9-26-7-12-14(23)8-28(21(12)27-9)15-5-17(20(30)19(15)29)31-16-4-13(22)18(24)10-2-3-25-6-11(10)16/h2,4,6-8,10-11,19,21,23-24,27,32-33H,3,5,9,12H2,1H3,(H,29,30);2,4,6-9,12-13,19,21,23-24,26,30-31H,3,5,10-11H2,1H3;3,5-6,9,15,17,20-21,26,29-30H,2,4,7-8H2,1H3,(H2,25,27);4,7-8,15,17,19-20,25,29-30H,2-3,5-6H2,1H3/t2*19-,21+,23+,24-;15-,17+,20+,21-;15-,17+,19+,20-/m1111/s1. The molecule has 0 amide bonds. The molecule has 16 atom stereocenters. The number of aliphatic hydroxyl groups excluding tert-OH is 8. The Morgan fingerprint density at radius 1 is 0.426 bits per heavy atom. The van der Waals surface area contributed by atoms with Crippen LogP contribution in [0.2, 0.25) is 0 Å². The Morgan fingerprint density at radius 3 is 1.38 bits per heavy atom. The molecule has 0 saturated heterocycles. The van der Waals surface area contributed by atoms with Crippen LogP contribution in [-0.2, 0) is 51.9 Å². The molecule has 4 fully saturated rings. The third-order valence-electron chi connectivity index (χ3n) is 26.7. The van der Waals surface area contributed by atoms with Crippen LogP contribution in [0, 0.1) is 62.6 Å². The fraction of sp³-hybridized carbons (Fsp3) is 0.387. The van der Waals surface area contributed by atoms with Gasteiger partial charge in [-0.1, -0.05) is 0 Å². The van der Waals surface area contributed by atoms with Gasteiger partial charge in [0.1, 0.15) is 130 Å². The van der Waals surface area contributed by atoms with Crippen LogP contribution in [0.1, 0.15) is 117 Å². The maximum absolute atomic E-state index is 15.4. The number of benzene rings is 4. The molecule has 15 N–H and O–H groups in total. The number of fused-ring (bicyclic) bond motifs is 8. The number of hydrogen-bond acceptors (Lipinski definition) is 25. The largest absolute Gasteiger partial charge is 0.487 e. The minimum atomic E-state index is -1.31. The monoisotopic (exact) mass is 1770 g/mol.